The first kappa shape index (κ1) is 18.2. The van der Waals surface area contributed by atoms with Gasteiger partial charge in [0.05, 0.1) is 0 Å². The van der Waals surface area contributed by atoms with E-state index < -0.39 is 11.6 Å². The average molecular weight is 418 g/mol. The van der Waals surface area contributed by atoms with Crippen molar-refractivity contribution in [2.75, 3.05) is 11.9 Å². The molecule has 1 N–H and O–H groups in total. The van der Waals surface area contributed by atoms with Gasteiger partial charge in [0.2, 0.25) is 5.89 Å². The molecular formula is C17H19BrF3N3O. The lowest BCUT2D eigenvalue weighted by atomic mass is 10.1. The fourth-order valence-corrected chi connectivity index (χ4v) is 3.11. The van der Waals surface area contributed by atoms with E-state index in [-0.39, 0.29) is 18.7 Å². The van der Waals surface area contributed by atoms with Gasteiger partial charge in [-0.05, 0) is 43.9 Å². The third kappa shape index (κ3) is 4.34. The summed E-state index contributed by atoms with van der Waals surface area (Å²) < 4.78 is 44.9. The number of unbranched alkanes of at least 4 members (excludes halogenated alkanes) is 2. The molecule has 1 fully saturated rings. The zero-order valence-electron chi connectivity index (χ0n) is 13.6. The van der Waals surface area contributed by atoms with Gasteiger partial charge in [-0.25, -0.2) is 0 Å². The van der Waals surface area contributed by atoms with Crippen molar-refractivity contribution < 1.29 is 17.7 Å². The molecule has 4 nitrogen and oxygen atoms in total. The highest BCUT2D eigenvalue weighted by Crippen LogP contribution is 2.58. The van der Waals surface area contributed by atoms with Crippen molar-refractivity contribution in [2.24, 2.45) is 0 Å². The molecule has 1 heterocycles. The van der Waals surface area contributed by atoms with Crippen LogP contribution in [-0.2, 0) is 11.8 Å². The van der Waals surface area contributed by atoms with E-state index in [1.54, 1.807) is 0 Å². The lowest BCUT2D eigenvalue weighted by molar-refractivity contribution is -0.166. The monoisotopic (exact) mass is 417 g/mol. The van der Waals surface area contributed by atoms with E-state index in [4.69, 9.17) is 4.52 Å². The zero-order chi connectivity index (χ0) is 17.9. The van der Waals surface area contributed by atoms with Crippen molar-refractivity contribution in [2.45, 2.75) is 50.1 Å². The summed E-state index contributed by atoms with van der Waals surface area (Å²) in [5.41, 5.74) is -0.828. The van der Waals surface area contributed by atoms with Crippen molar-refractivity contribution in [3.63, 3.8) is 0 Å². The van der Waals surface area contributed by atoms with E-state index in [1.807, 2.05) is 24.3 Å². The van der Waals surface area contributed by atoms with Crippen LogP contribution in [0.4, 0.5) is 18.9 Å². The van der Waals surface area contributed by atoms with Gasteiger partial charge in [-0.1, -0.05) is 33.6 Å². The fourth-order valence-electron chi connectivity index (χ4n) is 2.71. The van der Waals surface area contributed by atoms with Gasteiger partial charge in [-0.2, -0.15) is 18.2 Å². The van der Waals surface area contributed by atoms with Crippen LogP contribution >= 0.6 is 15.9 Å². The smallest absolute Gasteiger partial charge is 0.385 e. The van der Waals surface area contributed by atoms with Crippen LogP contribution in [0.1, 0.15) is 43.8 Å². The third-order valence-corrected chi connectivity index (χ3v) is 4.89. The first-order valence-electron chi connectivity index (χ1n) is 8.30. The molecule has 1 aromatic carbocycles. The largest absolute Gasteiger partial charge is 0.403 e. The predicted octanol–water partition coefficient (Wildman–Crippen LogP) is 5.25. The predicted molar refractivity (Wildman–Crippen MR) is 91.5 cm³/mol. The SMILES string of the molecule is FC(F)(F)C1(c2nc(CCCCCNc3cccc(Br)c3)no2)CC1. The van der Waals surface area contributed by atoms with Gasteiger partial charge in [-0.3, -0.25) is 0 Å². The van der Waals surface area contributed by atoms with E-state index in [0.29, 0.717) is 12.2 Å². The maximum atomic E-state index is 13.0. The summed E-state index contributed by atoms with van der Waals surface area (Å²) in [4.78, 5) is 3.97. The Balaban J connectivity index is 1.37. The molecule has 1 saturated carbocycles. The second kappa shape index (κ2) is 7.35. The molecule has 8 heteroatoms. The molecule has 0 atom stereocenters. The highest BCUT2D eigenvalue weighted by molar-refractivity contribution is 9.10. The Hall–Kier alpha value is -1.57. The molecule has 2 aromatic rings. The highest BCUT2D eigenvalue weighted by atomic mass is 79.9. The molecule has 25 heavy (non-hydrogen) atoms. The summed E-state index contributed by atoms with van der Waals surface area (Å²) >= 11 is 3.42. The molecule has 1 aliphatic carbocycles. The summed E-state index contributed by atoms with van der Waals surface area (Å²) in [5, 5.41) is 7.03. The van der Waals surface area contributed by atoms with Crippen LogP contribution in [0.25, 0.3) is 0 Å². The van der Waals surface area contributed by atoms with Gasteiger partial charge in [0.15, 0.2) is 5.82 Å². The highest BCUT2D eigenvalue weighted by Gasteiger charge is 2.68. The topological polar surface area (TPSA) is 51.0 Å². The first-order valence-corrected chi connectivity index (χ1v) is 9.09. The number of alkyl halides is 3. The Morgan fingerprint density at radius 3 is 2.68 bits per heavy atom. The van der Waals surface area contributed by atoms with Gasteiger partial charge in [-0.15, -0.1) is 0 Å². The number of aryl methyl sites for hydroxylation is 1. The zero-order valence-corrected chi connectivity index (χ0v) is 15.2. The molecule has 0 spiro atoms. The third-order valence-electron chi connectivity index (χ3n) is 4.40. The van der Waals surface area contributed by atoms with Gasteiger partial charge in [0, 0.05) is 23.1 Å². The Morgan fingerprint density at radius 2 is 2.00 bits per heavy atom. The normalized spacial score (nSPS) is 16.0. The van der Waals surface area contributed by atoms with Crippen LogP contribution in [0.3, 0.4) is 0 Å². The van der Waals surface area contributed by atoms with Crippen molar-refractivity contribution >= 4 is 21.6 Å². The molecule has 136 valence electrons. The number of benzene rings is 1. The number of hydrogen-bond acceptors (Lipinski definition) is 4. The second-order valence-corrected chi connectivity index (χ2v) is 7.26. The fraction of sp³-hybridized carbons (Fsp3) is 0.529. The van der Waals surface area contributed by atoms with Crippen molar-refractivity contribution in [1.29, 1.82) is 0 Å². The Labute approximate surface area is 152 Å². The van der Waals surface area contributed by atoms with Crippen LogP contribution in [0.2, 0.25) is 0 Å². The minimum Gasteiger partial charge on any atom is -0.385 e. The maximum absolute atomic E-state index is 13.0. The molecule has 0 bridgehead atoms. The van der Waals surface area contributed by atoms with Crippen molar-refractivity contribution in [3.8, 4) is 0 Å². The number of nitrogens with one attached hydrogen (secondary N) is 1. The molecule has 3 rings (SSSR count). The molecule has 0 radical (unpaired) electrons. The van der Waals surface area contributed by atoms with E-state index in [9.17, 15) is 13.2 Å². The van der Waals surface area contributed by atoms with Crippen LogP contribution < -0.4 is 5.32 Å². The number of anilines is 1. The van der Waals surface area contributed by atoms with Gasteiger partial charge < -0.3 is 9.84 Å². The van der Waals surface area contributed by atoms with Crippen molar-refractivity contribution in [1.82, 2.24) is 10.1 Å². The first-order chi connectivity index (χ1) is 11.9. The van der Waals surface area contributed by atoms with Gasteiger partial charge >= 0.3 is 6.18 Å². The van der Waals surface area contributed by atoms with E-state index >= 15 is 0 Å². The van der Waals surface area contributed by atoms with Crippen LogP contribution in [0.15, 0.2) is 33.3 Å². The molecule has 0 unspecified atom stereocenters. The molecule has 0 saturated heterocycles. The van der Waals surface area contributed by atoms with E-state index in [2.05, 4.69) is 31.4 Å². The standard InChI is InChI=1S/C17H19BrF3N3O/c18-12-5-4-6-13(11-12)22-10-3-1-2-7-14-23-15(25-24-14)16(8-9-16)17(19,20)21/h4-6,11,22H,1-3,7-10H2. The average Bonchev–Trinajstić information content (AvgIpc) is 3.25. The second-order valence-electron chi connectivity index (χ2n) is 6.34. The maximum Gasteiger partial charge on any atom is 0.403 e. The number of rotatable bonds is 8. The molecule has 1 aromatic heterocycles. The number of nitrogens with zero attached hydrogens (tertiary/aromatic N) is 2. The Bertz CT molecular complexity index is 713. The van der Waals surface area contributed by atoms with E-state index in [1.165, 1.54) is 0 Å². The van der Waals surface area contributed by atoms with Crippen molar-refractivity contribution in [3.05, 3.63) is 40.5 Å². The van der Waals surface area contributed by atoms with Gasteiger partial charge in [0.1, 0.15) is 5.41 Å². The van der Waals surface area contributed by atoms with Crippen LogP contribution in [-0.4, -0.2) is 22.9 Å². The minimum atomic E-state index is -4.31. The quantitative estimate of drug-likeness (QED) is 0.595. The molecule has 0 aliphatic heterocycles. The summed E-state index contributed by atoms with van der Waals surface area (Å²) in [6, 6.07) is 7.94. The minimum absolute atomic E-state index is 0.0411. The van der Waals surface area contributed by atoms with Gasteiger partial charge in [0.25, 0.3) is 0 Å². The molecule has 0 amide bonds. The number of halogens is 4. The number of aromatic nitrogens is 2. The summed E-state index contributed by atoms with van der Waals surface area (Å²) in [6.07, 6.45) is -0.973. The Kier molecular flexibility index (Phi) is 5.36. The lowest BCUT2D eigenvalue weighted by Gasteiger charge is -2.13. The Morgan fingerprint density at radius 1 is 1.20 bits per heavy atom. The van der Waals surface area contributed by atoms with E-state index in [0.717, 1.165) is 36.0 Å². The van der Waals surface area contributed by atoms with Crippen LogP contribution in [0.5, 0.6) is 0 Å². The van der Waals surface area contributed by atoms with Crippen LogP contribution in [0, 0.1) is 0 Å². The summed E-state index contributed by atoms with van der Waals surface area (Å²) in [6.45, 7) is 0.838. The molecular weight excluding hydrogens is 399 g/mol. The summed E-state index contributed by atoms with van der Waals surface area (Å²) in [7, 11) is 0. The lowest BCUT2D eigenvalue weighted by Crippen LogP contribution is -2.29. The summed E-state index contributed by atoms with van der Waals surface area (Å²) in [5.74, 6) is 0.0943. The molecule has 1 aliphatic rings. The number of hydrogen-bond donors (Lipinski definition) is 1.